The largest absolute Gasteiger partial charge is 0.673 e. The second kappa shape index (κ2) is 20.7. The minimum absolute atomic E-state index is 0.228. The smallest absolute Gasteiger partial charge is 0.418 e. The standard InChI is InChI=1S/C25H50NO.BF4/c1-6-7-8-9-10-11-12-13-14-15-16-17-18-19-22-26(4,5)23-20-21-25(27)24(2)3;2-1(3,4)5/h2,6-23H2,1,3-5H3;/q+1;-1. The van der Waals surface area contributed by atoms with E-state index in [1.807, 2.05) is 6.92 Å². The fourth-order valence-corrected chi connectivity index (χ4v) is 3.73. The lowest BCUT2D eigenvalue weighted by Crippen LogP contribution is -2.41. The van der Waals surface area contributed by atoms with Gasteiger partial charge >= 0.3 is 7.25 Å². The molecule has 7 heteroatoms. The molecule has 0 unspecified atom stereocenters. The first-order valence-electron chi connectivity index (χ1n) is 12.8. The average Bonchev–Trinajstić information content (AvgIpc) is 2.66. The second-order valence-corrected chi connectivity index (χ2v) is 9.78. The maximum atomic E-state index is 11.6. The van der Waals surface area contributed by atoms with Crippen LogP contribution in [0.15, 0.2) is 12.2 Å². The van der Waals surface area contributed by atoms with E-state index in [4.69, 9.17) is 0 Å². The van der Waals surface area contributed by atoms with Gasteiger partial charge in [0, 0.05) is 12.8 Å². The zero-order chi connectivity index (χ0) is 24.9. The molecule has 0 aromatic rings. The molecule has 0 heterocycles. The van der Waals surface area contributed by atoms with Gasteiger partial charge in [0.25, 0.3) is 0 Å². The number of rotatable bonds is 20. The van der Waals surface area contributed by atoms with Crippen molar-refractivity contribution in [3.63, 3.8) is 0 Å². The lowest BCUT2D eigenvalue weighted by Gasteiger charge is -2.29. The topological polar surface area (TPSA) is 17.1 Å². The van der Waals surface area contributed by atoms with E-state index in [2.05, 4.69) is 27.6 Å². The van der Waals surface area contributed by atoms with Gasteiger partial charge in [0.1, 0.15) is 0 Å². The molecular formula is C25H50BF4NO. The van der Waals surface area contributed by atoms with Crippen LogP contribution in [0.2, 0.25) is 0 Å². The molecular weight excluding hydrogens is 417 g/mol. The second-order valence-electron chi connectivity index (χ2n) is 9.78. The average molecular weight is 467 g/mol. The number of hydrogen-bond acceptors (Lipinski definition) is 1. The highest BCUT2D eigenvalue weighted by Crippen LogP contribution is 2.14. The number of nitrogens with zero attached hydrogens (tertiary/aromatic N) is 1. The van der Waals surface area contributed by atoms with Gasteiger partial charge < -0.3 is 21.7 Å². The zero-order valence-corrected chi connectivity index (χ0v) is 21.4. The van der Waals surface area contributed by atoms with Crippen molar-refractivity contribution in [2.24, 2.45) is 0 Å². The van der Waals surface area contributed by atoms with Crippen molar-refractivity contribution in [2.45, 2.75) is 117 Å². The summed E-state index contributed by atoms with van der Waals surface area (Å²) in [5, 5.41) is 0. The molecule has 0 aromatic carbocycles. The van der Waals surface area contributed by atoms with Gasteiger partial charge in [0.05, 0.1) is 27.2 Å². The van der Waals surface area contributed by atoms with E-state index < -0.39 is 7.25 Å². The Morgan fingerprint density at radius 2 is 1.00 bits per heavy atom. The molecule has 0 amide bonds. The number of carbonyl (C=O) groups excluding carboxylic acids is 1. The molecule has 0 spiro atoms. The number of ketones is 1. The van der Waals surface area contributed by atoms with Crippen molar-refractivity contribution in [3.05, 3.63) is 12.2 Å². The molecule has 0 aliphatic rings. The number of allylic oxidation sites excluding steroid dienone is 1. The Kier molecular flexibility index (Phi) is 21.6. The minimum Gasteiger partial charge on any atom is -0.418 e. The van der Waals surface area contributed by atoms with Crippen LogP contribution in [0.1, 0.15) is 117 Å². The van der Waals surface area contributed by atoms with Crippen LogP contribution in [-0.2, 0) is 4.79 Å². The molecule has 192 valence electrons. The fourth-order valence-electron chi connectivity index (χ4n) is 3.73. The van der Waals surface area contributed by atoms with Crippen LogP contribution in [0.4, 0.5) is 17.3 Å². The normalized spacial score (nSPS) is 11.8. The van der Waals surface area contributed by atoms with Crippen LogP contribution in [0.25, 0.3) is 0 Å². The maximum Gasteiger partial charge on any atom is 0.673 e. The Morgan fingerprint density at radius 3 is 1.34 bits per heavy atom. The molecule has 0 rings (SSSR count). The molecule has 2 nitrogen and oxygen atoms in total. The number of halogens is 4. The highest BCUT2D eigenvalue weighted by molar-refractivity contribution is 6.50. The van der Waals surface area contributed by atoms with Gasteiger partial charge in [0.2, 0.25) is 0 Å². The third kappa shape index (κ3) is 31.3. The summed E-state index contributed by atoms with van der Waals surface area (Å²) in [6.07, 6.45) is 21.5. The van der Waals surface area contributed by atoms with E-state index in [9.17, 15) is 22.1 Å². The summed E-state index contributed by atoms with van der Waals surface area (Å²) in [6, 6.07) is 0. The first kappa shape index (κ1) is 33.3. The molecule has 0 aromatic heterocycles. The summed E-state index contributed by atoms with van der Waals surface area (Å²) in [6.45, 7) is 10.2. The Hall–Kier alpha value is -0.845. The van der Waals surface area contributed by atoms with Crippen LogP contribution >= 0.6 is 0 Å². The highest BCUT2D eigenvalue weighted by atomic mass is 19.5. The third-order valence-electron chi connectivity index (χ3n) is 5.76. The predicted molar refractivity (Wildman–Crippen MR) is 131 cm³/mol. The van der Waals surface area contributed by atoms with Gasteiger partial charge in [-0.2, -0.15) is 0 Å². The van der Waals surface area contributed by atoms with Gasteiger partial charge in [0.15, 0.2) is 5.78 Å². The van der Waals surface area contributed by atoms with Crippen molar-refractivity contribution < 1.29 is 26.5 Å². The first-order valence-corrected chi connectivity index (χ1v) is 12.8. The Morgan fingerprint density at radius 1 is 0.688 bits per heavy atom. The van der Waals surface area contributed by atoms with Crippen molar-refractivity contribution in [2.75, 3.05) is 27.2 Å². The van der Waals surface area contributed by atoms with Crippen molar-refractivity contribution in [1.82, 2.24) is 0 Å². The monoisotopic (exact) mass is 467 g/mol. The van der Waals surface area contributed by atoms with E-state index in [0.29, 0.717) is 12.0 Å². The van der Waals surface area contributed by atoms with E-state index >= 15 is 0 Å². The summed E-state index contributed by atoms with van der Waals surface area (Å²) in [5.74, 6) is 0.228. The summed E-state index contributed by atoms with van der Waals surface area (Å²) in [7, 11) is -1.40. The first-order chi connectivity index (χ1) is 14.9. The van der Waals surface area contributed by atoms with Crippen LogP contribution in [0, 0.1) is 0 Å². The van der Waals surface area contributed by atoms with E-state index in [-0.39, 0.29) is 5.78 Å². The molecule has 0 fully saturated rings. The minimum atomic E-state index is -6.00. The quantitative estimate of drug-likeness (QED) is 0.0575. The van der Waals surface area contributed by atoms with Crippen molar-refractivity contribution >= 4 is 13.0 Å². The van der Waals surface area contributed by atoms with E-state index in [1.165, 1.54) is 96.4 Å². The third-order valence-corrected chi connectivity index (χ3v) is 5.76. The molecule has 0 bridgehead atoms. The molecule has 0 aliphatic carbocycles. The van der Waals surface area contributed by atoms with Crippen molar-refractivity contribution in [3.8, 4) is 0 Å². The summed E-state index contributed by atoms with van der Waals surface area (Å²) in [5.41, 5.74) is 0.701. The Bertz CT molecular complexity index is 461. The molecule has 0 atom stereocenters. The van der Waals surface area contributed by atoms with Gasteiger partial charge in [-0.1, -0.05) is 90.6 Å². The number of quaternary nitrogens is 1. The molecule has 32 heavy (non-hydrogen) atoms. The number of hydrogen-bond donors (Lipinski definition) is 0. The van der Waals surface area contributed by atoms with Gasteiger partial charge in [-0.15, -0.1) is 0 Å². The molecule has 0 saturated carbocycles. The predicted octanol–water partition coefficient (Wildman–Crippen LogP) is 8.77. The van der Waals surface area contributed by atoms with Crippen LogP contribution in [0.3, 0.4) is 0 Å². The van der Waals surface area contributed by atoms with Crippen LogP contribution in [0.5, 0.6) is 0 Å². The maximum absolute atomic E-state index is 11.6. The Labute approximate surface area is 195 Å². The highest BCUT2D eigenvalue weighted by Gasteiger charge is 2.20. The zero-order valence-electron chi connectivity index (χ0n) is 21.4. The Balaban J connectivity index is 0. The SMILES string of the molecule is C=C(C)C(=O)CCC[N+](C)(C)CCCCCCCCCCCCCCCC.F[B-](F)(F)F. The van der Waals surface area contributed by atoms with Crippen LogP contribution < -0.4 is 0 Å². The number of carbonyl (C=O) groups is 1. The fraction of sp³-hybridized carbons (Fsp3) is 0.880. The molecule has 0 radical (unpaired) electrons. The number of Topliss-reactive ketones (excluding diaryl/α,β-unsaturated/α-hetero) is 1. The summed E-state index contributed by atoms with van der Waals surface area (Å²) >= 11 is 0. The lowest BCUT2D eigenvalue weighted by atomic mass is 10.0. The van der Waals surface area contributed by atoms with Gasteiger partial charge in [-0.05, 0) is 25.3 Å². The molecule has 0 aliphatic heterocycles. The van der Waals surface area contributed by atoms with E-state index in [1.54, 1.807) is 0 Å². The van der Waals surface area contributed by atoms with Crippen molar-refractivity contribution in [1.29, 1.82) is 0 Å². The van der Waals surface area contributed by atoms with E-state index in [0.717, 1.165) is 17.4 Å². The lowest BCUT2D eigenvalue weighted by molar-refractivity contribution is -0.890. The van der Waals surface area contributed by atoms with Crippen LogP contribution in [-0.4, -0.2) is 44.7 Å². The summed E-state index contributed by atoms with van der Waals surface area (Å²) < 4.78 is 40.0. The summed E-state index contributed by atoms with van der Waals surface area (Å²) in [4.78, 5) is 11.6. The molecule has 0 N–H and O–H groups in total. The molecule has 0 saturated heterocycles. The van der Waals surface area contributed by atoms with Gasteiger partial charge in [-0.3, -0.25) is 4.79 Å². The van der Waals surface area contributed by atoms with Gasteiger partial charge in [-0.25, -0.2) is 0 Å². The number of unbranched alkanes of at least 4 members (excludes halogenated alkanes) is 13.